The lowest BCUT2D eigenvalue weighted by Crippen LogP contribution is -2.36. The summed E-state index contributed by atoms with van der Waals surface area (Å²) in [6.07, 6.45) is 6.83. The van der Waals surface area contributed by atoms with Crippen molar-refractivity contribution in [3.05, 3.63) is 70.4 Å². The van der Waals surface area contributed by atoms with Gasteiger partial charge in [-0.05, 0) is 66.5 Å². The molecule has 1 saturated heterocycles. The number of benzene rings is 1. The maximum absolute atomic E-state index is 12.7. The number of piperidine rings is 1. The number of carbonyl (C=O) groups excluding carboxylic acids is 1. The number of hydrogen-bond acceptors (Lipinski definition) is 7. The number of hydrogen-bond donors (Lipinski definition) is 2. The van der Waals surface area contributed by atoms with E-state index in [-0.39, 0.29) is 17.5 Å². The fraction of sp³-hybridized carbons (Fsp3) is 0.296. The average molecular weight is 485 g/mol. The summed E-state index contributed by atoms with van der Waals surface area (Å²) in [5, 5.41) is 4.60. The highest BCUT2D eigenvalue weighted by molar-refractivity contribution is 5.95. The van der Waals surface area contributed by atoms with Crippen molar-refractivity contribution in [3.8, 4) is 17.3 Å². The van der Waals surface area contributed by atoms with Crippen LogP contribution in [-0.4, -0.2) is 50.9 Å². The van der Waals surface area contributed by atoms with Crippen LogP contribution in [0.15, 0.2) is 53.7 Å². The van der Waals surface area contributed by atoms with E-state index in [9.17, 15) is 9.59 Å². The molecule has 0 radical (unpaired) electrons. The number of pyridine rings is 2. The van der Waals surface area contributed by atoms with E-state index in [1.165, 1.54) is 18.2 Å². The number of fused-ring (bicyclic) bond motifs is 1. The topological polar surface area (TPSA) is 113 Å². The van der Waals surface area contributed by atoms with Crippen LogP contribution in [0.4, 0.5) is 11.5 Å². The third-order valence-electron chi connectivity index (χ3n) is 6.77. The Bertz CT molecular complexity index is 1470. The molecule has 0 saturated carbocycles. The van der Waals surface area contributed by atoms with Gasteiger partial charge in [-0.1, -0.05) is 6.07 Å². The van der Waals surface area contributed by atoms with Gasteiger partial charge in [-0.25, -0.2) is 15.0 Å². The molecule has 0 spiro atoms. The minimum atomic E-state index is -0.217. The van der Waals surface area contributed by atoms with Crippen LogP contribution in [0.3, 0.4) is 0 Å². The van der Waals surface area contributed by atoms with Crippen molar-refractivity contribution < 1.29 is 9.53 Å². The van der Waals surface area contributed by atoms with Crippen LogP contribution in [0, 0.1) is 6.92 Å². The van der Waals surface area contributed by atoms with Crippen molar-refractivity contribution in [2.45, 2.75) is 32.6 Å². The van der Waals surface area contributed by atoms with Gasteiger partial charge in [-0.2, -0.15) is 0 Å². The van der Waals surface area contributed by atoms with E-state index >= 15 is 0 Å². The second-order valence-corrected chi connectivity index (χ2v) is 9.06. The number of nitrogens with one attached hydrogen (secondary N) is 2. The van der Waals surface area contributed by atoms with Crippen LogP contribution in [0.25, 0.3) is 22.0 Å². The Hall–Kier alpha value is -4.27. The van der Waals surface area contributed by atoms with Crippen LogP contribution < -0.4 is 15.6 Å². The fourth-order valence-corrected chi connectivity index (χ4v) is 4.86. The van der Waals surface area contributed by atoms with Gasteiger partial charge in [-0.15, -0.1) is 0 Å². The second kappa shape index (κ2) is 9.77. The van der Waals surface area contributed by atoms with E-state index in [1.807, 2.05) is 23.1 Å². The van der Waals surface area contributed by atoms with Crippen LogP contribution in [0.1, 0.15) is 36.8 Å². The zero-order valence-corrected chi connectivity index (χ0v) is 20.5. The number of H-pyrrole nitrogens is 1. The van der Waals surface area contributed by atoms with E-state index in [0.717, 1.165) is 37.0 Å². The lowest BCUT2D eigenvalue weighted by atomic mass is 9.86. The molecule has 0 atom stereocenters. The largest absolute Gasteiger partial charge is 0.467 e. The number of rotatable bonds is 5. The Kier molecular flexibility index (Phi) is 6.37. The Morgan fingerprint density at radius 3 is 2.56 bits per heavy atom. The number of methoxy groups -OCH3 is 1. The van der Waals surface area contributed by atoms with Gasteiger partial charge in [0.15, 0.2) is 0 Å². The Balaban J connectivity index is 1.46. The number of anilines is 2. The molecule has 3 aromatic heterocycles. The van der Waals surface area contributed by atoms with Crippen LogP contribution >= 0.6 is 0 Å². The minimum Gasteiger partial charge on any atom is -0.467 e. The van der Waals surface area contributed by atoms with Crippen LogP contribution in [-0.2, 0) is 4.79 Å². The van der Waals surface area contributed by atoms with Gasteiger partial charge in [0.2, 0.25) is 5.91 Å². The summed E-state index contributed by atoms with van der Waals surface area (Å²) in [4.78, 5) is 42.2. The van der Waals surface area contributed by atoms with Gasteiger partial charge in [0.25, 0.3) is 5.56 Å². The van der Waals surface area contributed by atoms with Crippen molar-refractivity contribution in [3.63, 3.8) is 0 Å². The maximum Gasteiger partial charge on any atom is 0.316 e. The molecule has 184 valence electrons. The van der Waals surface area contributed by atoms with Gasteiger partial charge >= 0.3 is 6.01 Å². The van der Waals surface area contributed by atoms with Crippen molar-refractivity contribution in [1.29, 1.82) is 0 Å². The molecule has 4 heterocycles. The molecule has 0 bridgehead atoms. The number of amides is 1. The summed E-state index contributed by atoms with van der Waals surface area (Å²) in [6.45, 7) is 5.31. The van der Waals surface area contributed by atoms with Gasteiger partial charge < -0.3 is 19.9 Å². The zero-order valence-electron chi connectivity index (χ0n) is 20.5. The summed E-state index contributed by atoms with van der Waals surface area (Å²) in [5.74, 6) is 1.03. The van der Waals surface area contributed by atoms with Crippen molar-refractivity contribution in [1.82, 2.24) is 24.8 Å². The molecule has 9 nitrogen and oxygen atoms in total. The molecule has 2 N–H and O–H groups in total. The molecule has 0 unspecified atom stereocenters. The fourth-order valence-electron chi connectivity index (χ4n) is 4.86. The standard InChI is InChI=1S/C27H28N6O3/c1-16-12-21(4-5-22(16)18-7-10-33(11-8-18)17(2)34)31-25-24-19(6-9-28-26(24)35)13-23(32-25)20-14-29-27(36-3)30-15-20/h4-6,9,12-15,18H,7-8,10-11H2,1-3H3,(H,28,35)(H,31,32). The zero-order chi connectivity index (χ0) is 25.2. The third kappa shape index (κ3) is 4.64. The minimum absolute atomic E-state index is 0.142. The molecular formula is C27H28N6O3. The summed E-state index contributed by atoms with van der Waals surface area (Å²) < 4.78 is 5.06. The number of aromatic amines is 1. The van der Waals surface area contributed by atoms with E-state index in [1.54, 1.807) is 25.5 Å². The summed E-state index contributed by atoms with van der Waals surface area (Å²) in [5.41, 5.74) is 4.44. The lowest BCUT2D eigenvalue weighted by molar-refractivity contribution is -0.129. The van der Waals surface area contributed by atoms with Crippen molar-refractivity contribution in [2.75, 3.05) is 25.5 Å². The number of ether oxygens (including phenoxy) is 1. The molecule has 9 heteroatoms. The molecule has 4 aromatic rings. The Labute approximate surface area is 208 Å². The van der Waals surface area contributed by atoms with E-state index in [4.69, 9.17) is 9.72 Å². The number of likely N-dealkylation sites (tertiary alicyclic amines) is 1. The molecule has 36 heavy (non-hydrogen) atoms. The predicted molar refractivity (Wildman–Crippen MR) is 139 cm³/mol. The summed E-state index contributed by atoms with van der Waals surface area (Å²) in [7, 11) is 1.51. The monoisotopic (exact) mass is 484 g/mol. The molecule has 5 rings (SSSR count). The van der Waals surface area contributed by atoms with E-state index < -0.39 is 0 Å². The first-order chi connectivity index (χ1) is 17.4. The molecule has 1 aliphatic heterocycles. The molecule has 1 aliphatic rings. The lowest BCUT2D eigenvalue weighted by Gasteiger charge is -2.32. The average Bonchev–Trinajstić information content (AvgIpc) is 2.89. The van der Waals surface area contributed by atoms with Crippen molar-refractivity contribution >= 4 is 28.2 Å². The SMILES string of the molecule is COc1ncc(-c2cc3cc[nH]c(=O)c3c(Nc3ccc(C4CCN(C(C)=O)CC4)c(C)c3)n2)cn1. The Morgan fingerprint density at radius 2 is 1.89 bits per heavy atom. The molecule has 0 aliphatic carbocycles. The normalized spacial score (nSPS) is 14.1. The van der Waals surface area contributed by atoms with Gasteiger partial charge in [0.05, 0.1) is 18.2 Å². The van der Waals surface area contributed by atoms with E-state index in [0.29, 0.717) is 28.4 Å². The number of carbonyl (C=O) groups is 1. The number of aryl methyl sites for hydroxylation is 1. The smallest absolute Gasteiger partial charge is 0.316 e. The van der Waals surface area contributed by atoms with Crippen LogP contribution in [0.2, 0.25) is 0 Å². The molecule has 1 amide bonds. The molecular weight excluding hydrogens is 456 g/mol. The van der Waals surface area contributed by atoms with Crippen LogP contribution in [0.5, 0.6) is 6.01 Å². The Morgan fingerprint density at radius 1 is 1.14 bits per heavy atom. The first-order valence-corrected chi connectivity index (χ1v) is 11.9. The predicted octanol–water partition coefficient (Wildman–Crippen LogP) is 4.17. The van der Waals surface area contributed by atoms with Gasteiger partial charge in [-0.3, -0.25) is 9.59 Å². The molecule has 1 fully saturated rings. The number of aromatic nitrogens is 4. The maximum atomic E-state index is 12.7. The number of nitrogens with zero attached hydrogens (tertiary/aromatic N) is 4. The first-order valence-electron chi connectivity index (χ1n) is 11.9. The quantitative estimate of drug-likeness (QED) is 0.437. The first kappa shape index (κ1) is 23.5. The molecule has 1 aromatic carbocycles. The van der Waals surface area contributed by atoms with E-state index in [2.05, 4.69) is 39.3 Å². The highest BCUT2D eigenvalue weighted by atomic mass is 16.5. The summed E-state index contributed by atoms with van der Waals surface area (Å²) in [6, 6.07) is 10.2. The highest BCUT2D eigenvalue weighted by Gasteiger charge is 2.23. The highest BCUT2D eigenvalue weighted by Crippen LogP contribution is 2.33. The third-order valence-corrected chi connectivity index (χ3v) is 6.77. The summed E-state index contributed by atoms with van der Waals surface area (Å²) >= 11 is 0. The van der Waals surface area contributed by atoms with Crippen molar-refractivity contribution in [2.24, 2.45) is 0 Å². The van der Waals surface area contributed by atoms with Gasteiger partial charge in [0.1, 0.15) is 5.82 Å². The second-order valence-electron chi connectivity index (χ2n) is 9.06. The van der Waals surface area contributed by atoms with Gasteiger partial charge in [0, 0.05) is 49.9 Å².